The van der Waals surface area contributed by atoms with Gasteiger partial charge in [0.15, 0.2) is 0 Å². The Hall–Kier alpha value is -1.08. The maximum atomic E-state index is 11.9. The molecule has 19 heavy (non-hydrogen) atoms. The highest BCUT2D eigenvalue weighted by Crippen LogP contribution is 2.15. The molecule has 1 N–H and O–H groups in total. The van der Waals surface area contributed by atoms with Crippen LogP contribution in [0.3, 0.4) is 0 Å². The molecule has 0 saturated heterocycles. The Labute approximate surface area is 110 Å². The van der Waals surface area contributed by atoms with Crippen LogP contribution in [-0.4, -0.2) is 42.3 Å². The van der Waals surface area contributed by atoms with Crippen molar-refractivity contribution in [3.63, 3.8) is 0 Å². The molecular formula is C12H20F3N3O. The van der Waals surface area contributed by atoms with Crippen molar-refractivity contribution < 1.29 is 17.9 Å². The third kappa shape index (κ3) is 7.17. The molecule has 0 aliphatic heterocycles. The maximum Gasteiger partial charge on any atom is 0.411 e. The van der Waals surface area contributed by atoms with Gasteiger partial charge in [0.05, 0.1) is 6.20 Å². The summed E-state index contributed by atoms with van der Waals surface area (Å²) in [7, 11) is 3.65. The summed E-state index contributed by atoms with van der Waals surface area (Å²) >= 11 is 0. The van der Waals surface area contributed by atoms with E-state index in [0.29, 0.717) is 6.42 Å². The Morgan fingerprint density at radius 3 is 2.68 bits per heavy atom. The summed E-state index contributed by atoms with van der Waals surface area (Å²) in [4.78, 5) is 0. The third-order valence-corrected chi connectivity index (χ3v) is 2.82. The van der Waals surface area contributed by atoms with E-state index < -0.39 is 12.8 Å². The predicted molar refractivity (Wildman–Crippen MR) is 65.9 cm³/mol. The normalized spacial score (nSPS) is 13.7. The van der Waals surface area contributed by atoms with E-state index in [9.17, 15) is 13.2 Å². The van der Waals surface area contributed by atoms with Crippen molar-refractivity contribution in [3.8, 4) is 0 Å². The number of aromatic nitrogens is 2. The molecule has 0 aliphatic rings. The molecule has 0 aromatic carbocycles. The third-order valence-electron chi connectivity index (χ3n) is 2.82. The average Bonchev–Trinajstić information content (AvgIpc) is 2.73. The molecule has 1 heterocycles. The molecule has 0 amide bonds. The summed E-state index contributed by atoms with van der Waals surface area (Å²) in [5, 5.41) is 7.16. The fraction of sp³-hybridized carbons (Fsp3) is 0.750. The summed E-state index contributed by atoms with van der Waals surface area (Å²) in [6, 6.07) is 0.147. The Morgan fingerprint density at radius 1 is 1.42 bits per heavy atom. The van der Waals surface area contributed by atoms with Gasteiger partial charge in [-0.1, -0.05) is 0 Å². The first-order valence-electron chi connectivity index (χ1n) is 6.20. The van der Waals surface area contributed by atoms with Crippen molar-refractivity contribution in [3.05, 3.63) is 18.0 Å². The molecule has 4 nitrogen and oxygen atoms in total. The van der Waals surface area contributed by atoms with E-state index in [1.54, 1.807) is 17.9 Å². The van der Waals surface area contributed by atoms with Crippen LogP contribution in [0.1, 0.15) is 18.4 Å². The molecule has 7 heteroatoms. The van der Waals surface area contributed by atoms with E-state index in [-0.39, 0.29) is 12.6 Å². The number of hydrogen-bond donors (Lipinski definition) is 1. The van der Waals surface area contributed by atoms with Gasteiger partial charge in [0, 0.05) is 25.9 Å². The van der Waals surface area contributed by atoms with Crippen LogP contribution in [0.4, 0.5) is 13.2 Å². The van der Waals surface area contributed by atoms with E-state index in [4.69, 9.17) is 0 Å². The molecule has 1 atom stereocenters. The highest BCUT2D eigenvalue weighted by atomic mass is 19.4. The van der Waals surface area contributed by atoms with Gasteiger partial charge in [-0.3, -0.25) is 4.68 Å². The second kappa shape index (κ2) is 7.49. The number of alkyl halides is 3. The Bertz CT molecular complexity index is 365. The molecule has 0 aliphatic carbocycles. The SMILES string of the molecule is CNC(CCOCC(F)(F)F)CCc1cnn(C)c1. The molecule has 110 valence electrons. The lowest BCUT2D eigenvalue weighted by atomic mass is 10.1. The predicted octanol–water partition coefficient (Wildman–Crippen LogP) is 1.91. The number of nitrogens with zero attached hydrogens (tertiary/aromatic N) is 2. The van der Waals surface area contributed by atoms with E-state index in [1.807, 2.05) is 13.2 Å². The van der Waals surface area contributed by atoms with Crippen LogP contribution in [-0.2, 0) is 18.2 Å². The largest absolute Gasteiger partial charge is 0.411 e. The molecule has 0 radical (unpaired) electrons. The Kier molecular flexibility index (Phi) is 6.30. The van der Waals surface area contributed by atoms with E-state index >= 15 is 0 Å². The monoisotopic (exact) mass is 279 g/mol. The van der Waals surface area contributed by atoms with Gasteiger partial charge < -0.3 is 10.1 Å². The highest BCUT2D eigenvalue weighted by Gasteiger charge is 2.27. The topological polar surface area (TPSA) is 39.1 Å². The standard InChI is InChI=1S/C12H20F3N3O/c1-16-11(5-6-19-9-12(13,14)15)4-3-10-7-17-18(2)8-10/h7-8,11,16H,3-6,9H2,1-2H3. The van der Waals surface area contributed by atoms with Crippen LogP contribution >= 0.6 is 0 Å². The molecule has 1 rings (SSSR count). The van der Waals surface area contributed by atoms with E-state index in [2.05, 4.69) is 15.2 Å². The van der Waals surface area contributed by atoms with Crippen LogP contribution < -0.4 is 5.32 Å². The zero-order valence-electron chi connectivity index (χ0n) is 11.2. The van der Waals surface area contributed by atoms with Gasteiger partial charge in [-0.25, -0.2) is 0 Å². The number of ether oxygens (including phenoxy) is 1. The summed E-state index contributed by atoms with van der Waals surface area (Å²) in [6.45, 7) is -1.07. The quantitative estimate of drug-likeness (QED) is 0.739. The van der Waals surface area contributed by atoms with Gasteiger partial charge in [0.25, 0.3) is 0 Å². The Balaban J connectivity index is 2.19. The molecule has 1 aromatic rings. The number of aryl methyl sites for hydroxylation is 2. The number of hydrogen-bond acceptors (Lipinski definition) is 3. The van der Waals surface area contributed by atoms with Crippen molar-refractivity contribution in [2.45, 2.75) is 31.5 Å². The van der Waals surface area contributed by atoms with Gasteiger partial charge >= 0.3 is 6.18 Å². The second-order valence-corrected chi connectivity index (χ2v) is 4.50. The van der Waals surface area contributed by atoms with Crippen molar-refractivity contribution in [2.24, 2.45) is 7.05 Å². The first-order chi connectivity index (χ1) is 8.90. The molecule has 0 spiro atoms. The zero-order valence-corrected chi connectivity index (χ0v) is 11.2. The van der Waals surface area contributed by atoms with Gasteiger partial charge in [-0.05, 0) is 31.9 Å². The number of halogens is 3. The van der Waals surface area contributed by atoms with Crippen LogP contribution in [0.2, 0.25) is 0 Å². The van der Waals surface area contributed by atoms with Gasteiger partial charge in [0.1, 0.15) is 6.61 Å². The van der Waals surface area contributed by atoms with Crippen molar-refractivity contribution in [1.29, 1.82) is 0 Å². The summed E-state index contributed by atoms with van der Waals surface area (Å²) in [5.41, 5.74) is 1.12. The molecule has 1 unspecified atom stereocenters. The minimum absolute atomic E-state index is 0.109. The minimum atomic E-state index is -4.25. The minimum Gasteiger partial charge on any atom is -0.372 e. The molecule has 1 aromatic heterocycles. The van der Waals surface area contributed by atoms with Crippen LogP contribution in [0.15, 0.2) is 12.4 Å². The smallest absolute Gasteiger partial charge is 0.372 e. The first kappa shape index (κ1) is 16.0. The van der Waals surface area contributed by atoms with Crippen molar-refractivity contribution in [2.75, 3.05) is 20.3 Å². The van der Waals surface area contributed by atoms with Crippen LogP contribution in [0, 0.1) is 0 Å². The molecule has 0 fully saturated rings. The molecule has 0 saturated carbocycles. The first-order valence-corrected chi connectivity index (χ1v) is 6.20. The van der Waals surface area contributed by atoms with Gasteiger partial charge in [-0.15, -0.1) is 0 Å². The summed E-state index contributed by atoms with van der Waals surface area (Å²) in [5.74, 6) is 0. The van der Waals surface area contributed by atoms with Gasteiger partial charge in [0.2, 0.25) is 0 Å². The number of nitrogens with one attached hydrogen (secondary N) is 1. The van der Waals surface area contributed by atoms with E-state index in [1.165, 1.54) is 0 Å². The van der Waals surface area contributed by atoms with Crippen LogP contribution in [0.5, 0.6) is 0 Å². The number of rotatable bonds is 8. The zero-order chi connectivity index (χ0) is 14.3. The fourth-order valence-electron chi connectivity index (χ4n) is 1.79. The lowest BCUT2D eigenvalue weighted by molar-refractivity contribution is -0.174. The lowest BCUT2D eigenvalue weighted by Crippen LogP contribution is -2.28. The van der Waals surface area contributed by atoms with Gasteiger partial charge in [-0.2, -0.15) is 18.3 Å². The van der Waals surface area contributed by atoms with Crippen molar-refractivity contribution >= 4 is 0 Å². The van der Waals surface area contributed by atoms with Crippen molar-refractivity contribution in [1.82, 2.24) is 15.1 Å². The average molecular weight is 279 g/mol. The molecular weight excluding hydrogens is 259 g/mol. The fourth-order valence-corrected chi connectivity index (χ4v) is 1.79. The van der Waals surface area contributed by atoms with E-state index in [0.717, 1.165) is 18.4 Å². The summed E-state index contributed by atoms with van der Waals surface area (Å²) < 4.78 is 42.0. The summed E-state index contributed by atoms with van der Waals surface area (Å²) in [6.07, 6.45) is 1.74. The molecule has 0 bridgehead atoms. The lowest BCUT2D eigenvalue weighted by Gasteiger charge is -2.16. The van der Waals surface area contributed by atoms with Crippen LogP contribution in [0.25, 0.3) is 0 Å². The highest BCUT2D eigenvalue weighted by molar-refractivity contribution is 5.03. The second-order valence-electron chi connectivity index (χ2n) is 4.50. The Morgan fingerprint density at radius 2 is 2.16 bits per heavy atom. The maximum absolute atomic E-state index is 11.9.